The smallest absolute Gasteiger partial charge is 0.170 e. The molecule has 0 N–H and O–H groups in total. The fraction of sp³-hybridized carbons (Fsp3) is 0.133. The van der Waals surface area contributed by atoms with Gasteiger partial charge in [0, 0.05) is 4.47 Å². The lowest BCUT2D eigenvalue weighted by Gasteiger charge is -2.25. The van der Waals surface area contributed by atoms with Gasteiger partial charge in [0.05, 0.1) is 12.0 Å². The van der Waals surface area contributed by atoms with Crippen LogP contribution >= 0.6 is 15.9 Å². The van der Waals surface area contributed by atoms with Crippen LogP contribution in [0.25, 0.3) is 0 Å². The van der Waals surface area contributed by atoms with Crippen molar-refractivity contribution >= 4 is 21.7 Å². The second-order valence-corrected chi connectivity index (χ2v) is 5.20. The number of ketones is 1. The van der Waals surface area contributed by atoms with E-state index in [1.807, 2.05) is 48.5 Å². The molecule has 1 atom stereocenters. The minimum absolute atomic E-state index is 0.143. The van der Waals surface area contributed by atoms with Crippen LogP contribution in [0.5, 0.6) is 5.75 Å². The lowest BCUT2D eigenvalue weighted by molar-refractivity contribution is 0.0850. The molecule has 0 bridgehead atoms. The molecule has 3 rings (SSSR count). The minimum atomic E-state index is -0.180. The SMILES string of the molecule is O=C1CC(c2ccc(Br)cc2)Oc2ccccc21. The van der Waals surface area contributed by atoms with Crippen LogP contribution in [0.2, 0.25) is 0 Å². The Hall–Kier alpha value is -1.61. The topological polar surface area (TPSA) is 26.3 Å². The van der Waals surface area contributed by atoms with Gasteiger partial charge in [-0.25, -0.2) is 0 Å². The highest BCUT2D eigenvalue weighted by molar-refractivity contribution is 9.10. The quantitative estimate of drug-likeness (QED) is 0.791. The number of carbonyl (C=O) groups excluding carboxylic acids is 1. The predicted octanol–water partition coefficient (Wildman–Crippen LogP) is 4.16. The summed E-state index contributed by atoms with van der Waals surface area (Å²) in [6, 6.07) is 15.3. The van der Waals surface area contributed by atoms with E-state index in [4.69, 9.17) is 4.74 Å². The molecule has 2 aromatic rings. The van der Waals surface area contributed by atoms with Crippen LogP contribution in [-0.4, -0.2) is 5.78 Å². The third-order valence-electron chi connectivity index (χ3n) is 3.07. The summed E-state index contributed by atoms with van der Waals surface area (Å²) >= 11 is 3.40. The number of rotatable bonds is 1. The van der Waals surface area contributed by atoms with Crippen LogP contribution in [0.1, 0.15) is 28.4 Å². The molecule has 1 aliphatic heterocycles. The van der Waals surface area contributed by atoms with E-state index in [0.717, 1.165) is 10.0 Å². The maximum Gasteiger partial charge on any atom is 0.170 e. The molecule has 0 amide bonds. The number of carbonyl (C=O) groups is 1. The summed E-state index contributed by atoms with van der Waals surface area (Å²) in [5.41, 5.74) is 1.71. The minimum Gasteiger partial charge on any atom is -0.484 e. The van der Waals surface area contributed by atoms with Gasteiger partial charge < -0.3 is 4.74 Å². The molecule has 3 heteroatoms. The molecule has 0 aliphatic carbocycles. The van der Waals surface area contributed by atoms with Crippen molar-refractivity contribution in [1.29, 1.82) is 0 Å². The summed E-state index contributed by atoms with van der Waals surface area (Å²) in [6.07, 6.45) is 0.221. The van der Waals surface area contributed by atoms with E-state index in [0.29, 0.717) is 17.7 Å². The first-order valence-electron chi connectivity index (χ1n) is 5.78. The Labute approximate surface area is 114 Å². The van der Waals surface area contributed by atoms with Crippen LogP contribution in [0.4, 0.5) is 0 Å². The van der Waals surface area contributed by atoms with Crippen molar-refractivity contribution in [3.63, 3.8) is 0 Å². The molecule has 0 fully saturated rings. The lowest BCUT2D eigenvalue weighted by Crippen LogP contribution is -2.20. The van der Waals surface area contributed by atoms with Crippen LogP contribution < -0.4 is 4.74 Å². The lowest BCUT2D eigenvalue weighted by atomic mass is 9.96. The largest absolute Gasteiger partial charge is 0.484 e. The molecular weight excluding hydrogens is 292 g/mol. The summed E-state index contributed by atoms with van der Waals surface area (Å²) in [5, 5.41) is 0. The molecule has 18 heavy (non-hydrogen) atoms. The molecule has 0 saturated heterocycles. The zero-order valence-electron chi connectivity index (χ0n) is 9.60. The standard InChI is InChI=1S/C15H11BrO2/c16-11-7-5-10(6-8-11)15-9-13(17)12-3-1-2-4-14(12)18-15/h1-8,15H,9H2. The normalized spacial score (nSPS) is 18.1. The van der Waals surface area contributed by atoms with E-state index in [-0.39, 0.29) is 11.9 Å². The molecule has 0 radical (unpaired) electrons. The summed E-state index contributed by atoms with van der Waals surface area (Å²) in [6.45, 7) is 0. The third-order valence-corrected chi connectivity index (χ3v) is 3.60. The summed E-state index contributed by atoms with van der Waals surface area (Å²) in [4.78, 5) is 12.0. The van der Waals surface area contributed by atoms with Gasteiger partial charge in [0.2, 0.25) is 0 Å². The molecule has 1 aliphatic rings. The predicted molar refractivity (Wildman–Crippen MR) is 72.9 cm³/mol. The molecule has 0 spiro atoms. The fourth-order valence-electron chi connectivity index (χ4n) is 2.14. The third kappa shape index (κ3) is 2.06. The Morgan fingerprint density at radius 3 is 2.56 bits per heavy atom. The van der Waals surface area contributed by atoms with E-state index in [1.54, 1.807) is 0 Å². The van der Waals surface area contributed by atoms with Gasteiger partial charge >= 0.3 is 0 Å². The van der Waals surface area contributed by atoms with Crippen molar-refractivity contribution in [3.8, 4) is 5.75 Å². The number of fused-ring (bicyclic) bond motifs is 1. The fourth-order valence-corrected chi connectivity index (χ4v) is 2.40. The van der Waals surface area contributed by atoms with E-state index < -0.39 is 0 Å². The highest BCUT2D eigenvalue weighted by Gasteiger charge is 2.26. The number of ether oxygens (including phenoxy) is 1. The maximum atomic E-state index is 12.0. The van der Waals surface area contributed by atoms with E-state index in [1.165, 1.54) is 0 Å². The van der Waals surface area contributed by atoms with Crippen LogP contribution in [-0.2, 0) is 0 Å². The summed E-state index contributed by atoms with van der Waals surface area (Å²) in [7, 11) is 0. The Morgan fingerprint density at radius 2 is 1.78 bits per heavy atom. The maximum absolute atomic E-state index is 12.0. The number of para-hydroxylation sites is 1. The van der Waals surface area contributed by atoms with E-state index in [2.05, 4.69) is 15.9 Å². The van der Waals surface area contributed by atoms with Crippen molar-refractivity contribution in [2.75, 3.05) is 0 Å². The van der Waals surface area contributed by atoms with Crippen molar-refractivity contribution in [3.05, 3.63) is 64.1 Å². The first-order valence-corrected chi connectivity index (χ1v) is 6.58. The van der Waals surface area contributed by atoms with Gasteiger partial charge in [-0.3, -0.25) is 4.79 Å². The average molecular weight is 303 g/mol. The van der Waals surface area contributed by atoms with Crippen LogP contribution in [0.3, 0.4) is 0 Å². The zero-order chi connectivity index (χ0) is 12.5. The van der Waals surface area contributed by atoms with Gasteiger partial charge in [-0.05, 0) is 29.8 Å². The monoisotopic (exact) mass is 302 g/mol. The number of halogens is 1. The first-order chi connectivity index (χ1) is 8.74. The summed E-state index contributed by atoms with van der Waals surface area (Å²) < 4.78 is 6.91. The molecule has 90 valence electrons. The van der Waals surface area contributed by atoms with Crippen LogP contribution in [0.15, 0.2) is 53.0 Å². The average Bonchev–Trinajstić information content (AvgIpc) is 2.39. The molecule has 1 unspecified atom stereocenters. The number of Topliss-reactive ketones (excluding diaryl/α,β-unsaturated/α-hetero) is 1. The van der Waals surface area contributed by atoms with E-state index in [9.17, 15) is 4.79 Å². The van der Waals surface area contributed by atoms with Gasteiger partial charge in [-0.1, -0.05) is 40.2 Å². The van der Waals surface area contributed by atoms with Gasteiger partial charge in [-0.15, -0.1) is 0 Å². The van der Waals surface area contributed by atoms with Crippen molar-refractivity contribution < 1.29 is 9.53 Å². The van der Waals surface area contributed by atoms with Gasteiger partial charge in [0.1, 0.15) is 11.9 Å². The van der Waals surface area contributed by atoms with Crippen molar-refractivity contribution in [1.82, 2.24) is 0 Å². The zero-order valence-corrected chi connectivity index (χ0v) is 11.2. The van der Waals surface area contributed by atoms with Crippen molar-refractivity contribution in [2.45, 2.75) is 12.5 Å². The first kappa shape index (κ1) is 11.5. The molecule has 0 saturated carbocycles. The number of hydrogen-bond donors (Lipinski definition) is 0. The van der Waals surface area contributed by atoms with Crippen molar-refractivity contribution in [2.24, 2.45) is 0 Å². The second-order valence-electron chi connectivity index (χ2n) is 4.28. The Morgan fingerprint density at radius 1 is 1.06 bits per heavy atom. The van der Waals surface area contributed by atoms with Gasteiger partial charge in [-0.2, -0.15) is 0 Å². The summed E-state index contributed by atoms with van der Waals surface area (Å²) in [5.74, 6) is 0.825. The van der Waals surface area contributed by atoms with Gasteiger partial charge in [0.25, 0.3) is 0 Å². The Balaban J connectivity index is 1.94. The number of hydrogen-bond acceptors (Lipinski definition) is 2. The van der Waals surface area contributed by atoms with Crippen LogP contribution in [0, 0.1) is 0 Å². The molecule has 2 nitrogen and oxygen atoms in total. The highest BCUT2D eigenvalue weighted by Crippen LogP contribution is 2.34. The highest BCUT2D eigenvalue weighted by atomic mass is 79.9. The molecule has 0 aromatic heterocycles. The molecule has 1 heterocycles. The Kier molecular flexibility index (Phi) is 2.92. The molecular formula is C15H11BrO2. The van der Waals surface area contributed by atoms with Gasteiger partial charge in [0.15, 0.2) is 5.78 Å². The molecule has 2 aromatic carbocycles. The second kappa shape index (κ2) is 4.58. The number of benzene rings is 2. The van der Waals surface area contributed by atoms with E-state index >= 15 is 0 Å². The Bertz CT molecular complexity index is 590.